The van der Waals surface area contributed by atoms with E-state index in [1.165, 1.54) is 18.2 Å². The lowest BCUT2D eigenvalue weighted by Crippen LogP contribution is -2.28. The van der Waals surface area contributed by atoms with Crippen LogP contribution in [-0.4, -0.2) is 36.7 Å². The molecule has 8 nitrogen and oxygen atoms in total. The van der Waals surface area contributed by atoms with Crippen LogP contribution < -0.4 is 14.8 Å². The number of ether oxygens (including phenoxy) is 2. The first kappa shape index (κ1) is 20.2. The van der Waals surface area contributed by atoms with Crippen molar-refractivity contribution in [2.24, 2.45) is 0 Å². The van der Waals surface area contributed by atoms with Gasteiger partial charge in [0.15, 0.2) is 11.5 Å². The number of aliphatic hydroxyl groups is 1. The highest BCUT2D eigenvalue weighted by atomic mass is 16.6. The molecule has 2 aromatic carbocycles. The lowest BCUT2D eigenvalue weighted by atomic mass is 10.1. The molecule has 1 atom stereocenters. The maximum absolute atomic E-state index is 12.0. The van der Waals surface area contributed by atoms with E-state index in [-0.39, 0.29) is 24.6 Å². The predicted octanol–water partition coefficient (Wildman–Crippen LogP) is 2.39. The summed E-state index contributed by atoms with van der Waals surface area (Å²) >= 11 is 0. The summed E-state index contributed by atoms with van der Waals surface area (Å²) in [5.74, 6) is 0.983. The number of hydrogen-bond donors (Lipinski definition) is 2. The molecule has 2 aromatic rings. The van der Waals surface area contributed by atoms with Crippen LogP contribution in [0.2, 0.25) is 0 Å². The van der Waals surface area contributed by atoms with Gasteiger partial charge in [-0.25, -0.2) is 0 Å². The van der Waals surface area contributed by atoms with Crippen molar-refractivity contribution in [1.29, 1.82) is 0 Å². The first-order valence-electron chi connectivity index (χ1n) is 8.34. The fourth-order valence-electron chi connectivity index (χ4n) is 2.56. The number of methoxy groups -OCH3 is 2. The second kappa shape index (κ2) is 9.54. The van der Waals surface area contributed by atoms with Crippen molar-refractivity contribution in [2.45, 2.75) is 18.9 Å². The minimum absolute atomic E-state index is 0.0219. The third-order valence-electron chi connectivity index (χ3n) is 4.05. The standard InChI is InChI=1S/C19H22N2O6/c1-26-17-8-6-13(10-18(17)27-2)7-9-19(23)20-12-16(22)14-4-3-5-15(11-14)21(24)25/h3-6,8,10-11,16,22H,7,9,12H2,1-2H3,(H,20,23). The van der Waals surface area contributed by atoms with E-state index in [1.807, 2.05) is 12.1 Å². The fourth-order valence-corrected chi connectivity index (χ4v) is 2.56. The Morgan fingerprint density at radius 1 is 1.19 bits per heavy atom. The summed E-state index contributed by atoms with van der Waals surface area (Å²) in [6, 6.07) is 11.1. The van der Waals surface area contributed by atoms with Crippen molar-refractivity contribution >= 4 is 11.6 Å². The smallest absolute Gasteiger partial charge is 0.269 e. The summed E-state index contributed by atoms with van der Waals surface area (Å²) in [5.41, 5.74) is 1.19. The zero-order valence-electron chi connectivity index (χ0n) is 15.2. The van der Waals surface area contributed by atoms with Gasteiger partial charge in [0.25, 0.3) is 5.69 Å². The number of nitro benzene ring substituents is 1. The fraction of sp³-hybridized carbons (Fsp3) is 0.316. The zero-order valence-corrected chi connectivity index (χ0v) is 15.2. The van der Waals surface area contributed by atoms with Crippen molar-refractivity contribution in [2.75, 3.05) is 20.8 Å². The number of nitrogens with one attached hydrogen (secondary N) is 1. The Balaban J connectivity index is 1.85. The molecule has 0 fully saturated rings. The van der Waals surface area contributed by atoms with Crippen molar-refractivity contribution in [1.82, 2.24) is 5.32 Å². The van der Waals surface area contributed by atoms with Crippen LogP contribution in [0.15, 0.2) is 42.5 Å². The first-order chi connectivity index (χ1) is 12.9. The molecule has 8 heteroatoms. The van der Waals surface area contributed by atoms with Crippen LogP contribution in [0.5, 0.6) is 11.5 Å². The van der Waals surface area contributed by atoms with E-state index >= 15 is 0 Å². The van der Waals surface area contributed by atoms with Gasteiger partial charge in [0.2, 0.25) is 5.91 Å². The van der Waals surface area contributed by atoms with Crippen molar-refractivity contribution in [3.05, 3.63) is 63.7 Å². The first-order valence-corrected chi connectivity index (χ1v) is 8.34. The molecule has 1 amide bonds. The Bertz CT molecular complexity index is 809. The van der Waals surface area contributed by atoms with Gasteiger partial charge in [-0.3, -0.25) is 14.9 Å². The Kier molecular flexibility index (Phi) is 7.13. The number of non-ortho nitro benzene ring substituents is 1. The van der Waals surface area contributed by atoms with Crippen LogP contribution in [0.1, 0.15) is 23.7 Å². The normalized spacial score (nSPS) is 11.5. The maximum Gasteiger partial charge on any atom is 0.269 e. The Morgan fingerprint density at radius 3 is 2.59 bits per heavy atom. The largest absolute Gasteiger partial charge is 0.493 e. The van der Waals surface area contributed by atoms with Crippen LogP contribution in [0.25, 0.3) is 0 Å². The number of aliphatic hydroxyl groups excluding tert-OH is 1. The highest BCUT2D eigenvalue weighted by Crippen LogP contribution is 2.28. The highest BCUT2D eigenvalue weighted by Gasteiger charge is 2.14. The van der Waals surface area contributed by atoms with Gasteiger partial charge in [0.1, 0.15) is 0 Å². The van der Waals surface area contributed by atoms with Gasteiger partial charge in [-0.15, -0.1) is 0 Å². The Labute approximate surface area is 156 Å². The van der Waals surface area contributed by atoms with Gasteiger partial charge in [-0.2, -0.15) is 0 Å². The van der Waals surface area contributed by atoms with Gasteiger partial charge < -0.3 is 19.9 Å². The van der Waals surface area contributed by atoms with Gasteiger partial charge in [-0.1, -0.05) is 18.2 Å². The summed E-state index contributed by atoms with van der Waals surface area (Å²) in [6.07, 6.45) is -0.286. The molecule has 2 rings (SSSR count). The van der Waals surface area contributed by atoms with Crippen LogP contribution in [-0.2, 0) is 11.2 Å². The number of aryl methyl sites for hydroxylation is 1. The quantitative estimate of drug-likeness (QED) is 0.515. The molecule has 0 aliphatic heterocycles. The summed E-state index contributed by atoms with van der Waals surface area (Å²) in [4.78, 5) is 22.3. The number of nitro groups is 1. The molecule has 0 saturated carbocycles. The van der Waals surface area contributed by atoms with E-state index in [9.17, 15) is 20.0 Å². The number of hydrogen-bond acceptors (Lipinski definition) is 6. The minimum Gasteiger partial charge on any atom is -0.493 e. The number of carbonyl (C=O) groups is 1. The molecule has 0 aromatic heterocycles. The van der Waals surface area contributed by atoms with Crippen LogP contribution in [0.4, 0.5) is 5.69 Å². The van der Waals surface area contributed by atoms with Crippen molar-refractivity contribution in [3.8, 4) is 11.5 Å². The molecule has 0 aliphatic carbocycles. The second-order valence-electron chi connectivity index (χ2n) is 5.86. The number of nitrogens with zero attached hydrogens (tertiary/aromatic N) is 1. The van der Waals surface area contributed by atoms with E-state index in [1.54, 1.807) is 26.4 Å². The van der Waals surface area contributed by atoms with E-state index in [0.29, 0.717) is 23.5 Å². The average molecular weight is 374 g/mol. The van der Waals surface area contributed by atoms with E-state index in [4.69, 9.17) is 9.47 Å². The van der Waals surface area contributed by atoms with Gasteiger partial charge >= 0.3 is 0 Å². The molecule has 0 spiro atoms. The van der Waals surface area contributed by atoms with Gasteiger partial charge in [-0.05, 0) is 29.7 Å². The van der Waals surface area contributed by atoms with E-state index < -0.39 is 11.0 Å². The molecule has 27 heavy (non-hydrogen) atoms. The summed E-state index contributed by atoms with van der Waals surface area (Å²) < 4.78 is 10.4. The molecule has 144 valence electrons. The average Bonchev–Trinajstić information content (AvgIpc) is 2.70. The van der Waals surface area contributed by atoms with Gasteiger partial charge in [0, 0.05) is 25.1 Å². The minimum atomic E-state index is -1.02. The van der Waals surface area contributed by atoms with E-state index in [0.717, 1.165) is 5.56 Å². The molecule has 0 radical (unpaired) electrons. The summed E-state index contributed by atoms with van der Waals surface area (Å²) in [7, 11) is 3.10. The molecule has 0 bridgehead atoms. The van der Waals surface area contributed by atoms with Crippen LogP contribution in [0, 0.1) is 10.1 Å². The number of carbonyl (C=O) groups excluding carboxylic acids is 1. The third-order valence-corrected chi connectivity index (χ3v) is 4.05. The molecule has 2 N–H and O–H groups in total. The molecular weight excluding hydrogens is 352 g/mol. The lowest BCUT2D eigenvalue weighted by Gasteiger charge is -2.13. The van der Waals surface area contributed by atoms with Crippen molar-refractivity contribution < 1.29 is 24.3 Å². The second-order valence-corrected chi connectivity index (χ2v) is 5.86. The predicted molar refractivity (Wildman–Crippen MR) is 98.9 cm³/mol. The van der Waals surface area contributed by atoms with Crippen LogP contribution >= 0.6 is 0 Å². The Morgan fingerprint density at radius 2 is 1.93 bits per heavy atom. The lowest BCUT2D eigenvalue weighted by molar-refractivity contribution is -0.385. The van der Waals surface area contributed by atoms with Crippen LogP contribution in [0.3, 0.4) is 0 Å². The Hall–Kier alpha value is -3.13. The molecule has 0 aliphatic rings. The molecule has 0 heterocycles. The molecule has 0 saturated heterocycles. The number of rotatable bonds is 9. The number of amides is 1. The molecule has 1 unspecified atom stereocenters. The van der Waals surface area contributed by atoms with Crippen molar-refractivity contribution in [3.63, 3.8) is 0 Å². The topological polar surface area (TPSA) is 111 Å². The summed E-state index contributed by atoms with van der Waals surface area (Å²) in [6.45, 7) is -0.0219. The zero-order chi connectivity index (χ0) is 19.8. The van der Waals surface area contributed by atoms with Gasteiger partial charge in [0.05, 0.1) is 25.2 Å². The molecular formula is C19H22N2O6. The SMILES string of the molecule is COc1ccc(CCC(=O)NCC(O)c2cccc([N+](=O)[O-])c2)cc1OC. The monoisotopic (exact) mass is 374 g/mol. The highest BCUT2D eigenvalue weighted by molar-refractivity contribution is 5.76. The van der Waals surface area contributed by atoms with E-state index in [2.05, 4.69) is 5.32 Å². The maximum atomic E-state index is 12.0. The summed E-state index contributed by atoms with van der Waals surface area (Å²) in [5, 5.41) is 23.5. The number of benzene rings is 2. The third kappa shape index (κ3) is 5.68.